The molecule has 1 N–H and O–H groups in total. The molecule has 0 aromatic heterocycles. The Morgan fingerprint density at radius 3 is 2.32 bits per heavy atom. The van der Waals surface area contributed by atoms with Crippen molar-refractivity contribution in [2.75, 3.05) is 19.6 Å². The van der Waals surface area contributed by atoms with Gasteiger partial charge in [0.25, 0.3) is 5.91 Å². The zero-order valence-corrected chi connectivity index (χ0v) is 11.7. The number of carbonyl (C=O) groups excluding carboxylic acids is 1. The summed E-state index contributed by atoms with van der Waals surface area (Å²) in [5.74, 6) is -0.187. The summed E-state index contributed by atoms with van der Waals surface area (Å²) in [6, 6.07) is 6.10. The van der Waals surface area contributed by atoms with Crippen LogP contribution < -0.4 is 5.32 Å². The van der Waals surface area contributed by atoms with Crippen LogP contribution in [0.1, 0.15) is 30.1 Å². The highest BCUT2D eigenvalue weighted by Crippen LogP contribution is 2.20. The van der Waals surface area contributed by atoms with E-state index in [0.29, 0.717) is 25.2 Å². The number of carbonyl (C=O) groups is 1. The summed E-state index contributed by atoms with van der Waals surface area (Å²) < 4.78 is 26.0. The van der Waals surface area contributed by atoms with E-state index >= 15 is 0 Å². The molecule has 1 aromatic carbocycles. The summed E-state index contributed by atoms with van der Waals surface area (Å²) in [4.78, 5) is 11.8. The van der Waals surface area contributed by atoms with E-state index in [0.717, 1.165) is 12.8 Å². The Kier molecular flexibility index (Phi) is 4.21. The fraction of sp³-hybridized carbons (Fsp3) is 0.462. The molecule has 1 aromatic rings. The van der Waals surface area contributed by atoms with Crippen molar-refractivity contribution in [2.24, 2.45) is 0 Å². The number of benzene rings is 1. The number of nitrogens with one attached hydrogen (secondary N) is 1. The van der Waals surface area contributed by atoms with Crippen molar-refractivity contribution in [3.8, 4) is 0 Å². The molecule has 0 spiro atoms. The first kappa shape index (κ1) is 14.0. The van der Waals surface area contributed by atoms with Gasteiger partial charge >= 0.3 is 0 Å². The molecule has 1 fully saturated rings. The third kappa shape index (κ3) is 2.96. The van der Waals surface area contributed by atoms with Crippen LogP contribution in [0.2, 0.25) is 0 Å². The Morgan fingerprint density at radius 1 is 1.21 bits per heavy atom. The van der Waals surface area contributed by atoms with Crippen molar-refractivity contribution in [3.63, 3.8) is 0 Å². The highest BCUT2D eigenvalue weighted by atomic mass is 32.2. The van der Waals surface area contributed by atoms with Crippen molar-refractivity contribution in [3.05, 3.63) is 29.8 Å². The Morgan fingerprint density at radius 2 is 1.79 bits per heavy atom. The van der Waals surface area contributed by atoms with E-state index < -0.39 is 10.0 Å². The molecule has 6 heteroatoms. The average Bonchev–Trinajstić information content (AvgIpc) is 2.94. The minimum Gasteiger partial charge on any atom is -0.352 e. The second-order valence-electron chi connectivity index (χ2n) is 4.50. The largest absolute Gasteiger partial charge is 0.352 e. The van der Waals surface area contributed by atoms with Gasteiger partial charge in [0.05, 0.1) is 4.90 Å². The van der Waals surface area contributed by atoms with Crippen molar-refractivity contribution < 1.29 is 13.2 Å². The summed E-state index contributed by atoms with van der Waals surface area (Å²) in [6.07, 6.45) is 1.83. The maximum atomic E-state index is 12.3. The van der Waals surface area contributed by atoms with Crippen LogP contribution in [0, 0.1) is 0 Å². The predicted molar refractivity (Wildman–Crippen MR) is 72.4 cm³/mol. The summed E-state index contributed by atoms with van der Waals surface area (Å²) in [7, 11) is -3.39. The molecule has 0 bridgehead atoms. The van der Waals surface area contributed by atoms with Gasteiger partial charge < -0.3 is 5.32 Å². The van der Waals surface area contributed by atoms with Crippen molar-refractivity contribution in [1.82, 2.24) is 9.62 Å². The second kappa shape index (κ2) is 5.71. The number of hydrogen-bond donors (Lipinski definition) is 1. The van der Waals surface area contributed by atoms with Gasteiger partial charge in [-0.25, -0.2) is 8.42 Å². The van der Waals surface area contributed by atoms with E-state index in [1.807, 2.05) is 6.92 Å². The molecule has 1 saturated heterocycles. The van der Waals surface area contributed by atoms with Crippen LogP contribution in [-0.2, 0) is 10.0 Å². The molecule has 1 amide bonds. The molecule has 0 aliphatic carbocycles. The lowest BCUT2D eigenvalue weighted by atomic mass is 10.2. The molecular formula is C13H18N2O3S. The minimum absolute atomic E-state index is 0.187. The van der Waals surface area contributed by atoms with E-state index in [-0.39, 0.29) is 10.8 Å². The lowest BCUT2D eigenvalue weighted by Gasteiger charge is -2.15. The third-order valence-corrected chi connectivity index (χ3v) is 5.07. The van der Waals surface area contributed by atoms with E-state index in [9.17, 15) is 13.2 Å². The highest BCUT2D eigenvalue weighted by molar-refractivity contribution is 7.89. The monoisotopic (exact) mass is 282 g/mol. The number of amides is 1. The normalized spacial score (nSPS) is 16.5. The molecule has 19 heavy (non-hydrogen) atoms. The molecule has 0 saturated carbocycles. The van der Waals surface area contributed by atoms with Crippen LogP contribution in [0.25, 0.3) is 0 Å². The first-order chi connectivity index (χ1) is 9.05. The van der Waals surface area contributed by atoms with Crippen LogP contribution in [0.4, 0.5) is 0 Å². The zero-order chi connectivity index (χ0) is 13.9. The predicted octanol–water partition coefficient (Wildman–Crippen LogP) is 1.22. The van der Waals surface area contributed by atoms with Crippen molar-refractivity contribution in [1.29, 1.82) is 0 Å². The number of nitrogens with zero attached hydrogens (tertiary/aromatic N) is 1. The molecule has 104 valence electrons. The molecule has 1 aliphatic rings. The quantitative estimate of drug-likeness (QED) is 0.903. The van der Waals surface area contributed by atoms with Crippen LogP contribution in [0.3, 0.4) is 0 Å². The van der Waals surface area contributed by atoms with Gasteiger partial charge in [-0.05, 0) is 44.0 Å². The molecule has 0 radical (unpaired) electrons. The molecule has 5 nitrogen and oxygen atoms in total. The summed E-state index contributed by atoms with van der Waals surface area (Å²) in [5.41, 5.74) is 0.474. The van der Waals surface area contributed by atoms with Gasteiger partial charge in [-0.15, -0.1) is 0 Å². The third-order valence-electron chi connectivity index (χ3n) is 3.16. The molecule has 0 unspecified atom stereocenters. The number of hydrogen-bond acceptors (Lipinski definition) is 3. The summed E-state index contributed by atoms with van der Waals surface area (Å²) in [6.45, 7) is 3.55. The average molecular weight is 282 g/mol. The van der Waals surface area contributed by atoms with Gasteiger partial charge in [0, 0.05) is 25.2 Å². The molecule has 0 atom stereocenters. The Bertz CT molecular complexity index is 546. The molecule has 1 aliphatic heterocycles. The van der Waals surface area contributed by atoms with E-state index in [2.05, 4.69) is 5.32 Å². The van der Waals surface area contributed by atoms with Crippen LogP contribution >= 0.6 is 0 Å². The maximum Gasteiger partial charge on any atom is 0.251 e. The highest BCUT2D eigenvalue weighted by Gasteiger charge is 2.27. The van der Waals surface area contributed by atoms with Gasteiger partial charge in [-0.1, -0.05) is 0 Å². The first-order valence-electron chi connectivity index (χ1n) is 6.44. The zero-order valence-electron chi connectivity index (χ0n) is 10.9. The van der Waals surface area contributed by atoms with Crippen molar-refractivity contribution in [2.45, 2.75) is 24.7 Å². The van der Waals surface area contributed by atoms with E-state index in [1.165, 1.54) is 16.4 Å². The standard InChI is InChI=1S/C13H18N2O3S/c1-2-14-13(16)11-5-7-12(8-6-11)19(17,18)15-9-3-4-10-15/h5-8H,2-4,9-10H2,1H3,(H,14,16). The van der Waals surface area contributed by atoms with Gasteiger partial charge in [-0.3, -0.25) is 4.79 Å². The second-order valence-corrected chi connectivity index (χ2v) is 6.43. The fourth-order valence-corrected chi connectivity index (χ4v) is 3.64. The number of rotatable bonds is 4. The summed E-state index contributed by atoms with van der Waals surface area (Å²) >= 11 is 0. The van der Waals surface area contributed by atoms with Gasteiger partial charge in [-0.2, -0.15) is 4.31 Å². The minimum atomic E-state index is -3.39. The van der Waals surface area contributed by atoms with Gasteiger partial charge in [0.1, 0.15) is 0 Å². The SMILES string of the molecule is CCNC(=O)c1ccc(S(=O)(=O)N2CCCC2)cc1. The van der Waals surface area contributed by atoms with E-state index in [4.69, 9.17) is 0 Å². The Hall–Kier alpha value is -1.40. The van der Waals surface area contributed by atoms with Crippen LogP contribution in [-0.4, -0.2) is 38.3 Å². The van der Waals surface area contributed by atoms with E-state index in [1.54, 1.807) is 12.1 Å². The fourth-order valence-electron chi connectivity index (χ4n) is 2.12. The summed E-state index contributed by atoms with van der Waals surface area (Å²) in [5, 5.41) is 2.68. The van der Waals surface area contributed by atoms with Gasteiger partial charge in [0.2, 0.25) is 10.0 Å². The topological polar surface area (TPSA) is 66.5 Å². The van der Waals surface area contributed by atoms with Crippen molar-refractivity contribution >= 4 is 15.9 Å². The Labute approximate surface area is 113 Å². The van der Waals surface area contributed by atoms with Crippen LogP contribution in [0.15, 0.2) is 29.2 Å². The maximum absolute atomic E-state index is 12.3. The lowest BCUT2D eigenvalue weighted by Crippen LogP contribution is -2.28. The molecular weight excluding hydrogens is 264 g/mol. The first-order valence-corrected chi connectivity index (χ1v) is 7.88. The molecule has 1 heterocycles. The van der Waals surface area contributed by atoms with Crippen LogP contribution in [0.5, 0.6) is 0 Å². The lowest BCUT2D eigenvalue weighted by molar-refractivity contribution is 0.0955. The Balaban J connectivity index is 2.20. The molecule has 2 rings (SSSR count). The number of sulfonamides is 1. The smallest absolute Gasteiger partial charge is 0.251 e. The van der Waals surface area contributed by atoms with Gasteiger partial charge in [0.15, 0.2) is 0 Å².